The molecule has 100 valence electrons. The normalized spacial score (nSPS) is 14.1. The van der Waals surface area contributed by atoms with Crippen molar-refractivity contribution in [2.75, 3.05) is 7.11 Å². The minimum absolute atomic E-state index is 0.345. The molecule has 0 saturated carbocycles. The maximum absolute atomic E-state index is 10.6. The predicted molar refractivity (Wildman–Crippen MR) is 77.1 cm³/mol. The van der Waals surface area contributed by atoms with Gasteiger partial charge in [0, 0.05) is 7.11 Å². The van der Waals surface area contributed by atoms with Gasteiger partial charge in [0.15, 0.2) is 0 Å². The molecule has 0 aliphatic heterocycles. The number of aryl methyl sites for hydroxylation is 2. The largest absolute Gasteiger partial charge is 0.385 e. The van der Waals surface area contributed by atoms with E-state index in [4.69, 9.17) is 4.74 Å². The van der Waals surface area contributed by atoms with Gasteiger partial charge in [-0.1, -0.05) is 54.1 Å². The quantitative estimate of drug-likeness (QED) is 0.903. The molecule has 0 aliphatic carbocycles. The van der Waals surface area contributed by atoms with E-state index in [0.29, 0.717) is 0 Å². The van der Waals surface area contributed by atoms with Crippen LogP contribution in [-0.4, -0.2) is 12.2 Å². The summed E-state index contributed by atoms with van der Waals surface area (Å²) in [6.07, 6.45) is -1.00. The molecule has 2 aromatic rings. The van der Waals surface area contributed by atoms with Crippen molar-refractivity contribution in [3.63, 3.8) is 0 Å². The minimum Gasteiger partial charge on any atom is -0.385 e. The van der Waals surface area contributed by atoms with Gasteiger partial charge in [0.05, 0.1) is 0 Å². The second-order valence-electron chi connectivity index (χ2n) is 4.87. The maximum atomic E-state index is 10.6. The van der Waals surface area contributed by atoms with Crippen molar-refractivity contribution in [1.29, 1.82) is 0 Å². The fourth-order valence-corrected chi connectivity index (χ4v) is 2.41. The Morgan fingerprint density at radius 3 is 2.26 bits per heavy atom. The minimum atomic E-state index is -0.659. The average molecular weight is 256 g/mol. The van der Waals surface area contributed by atoms with Gasteiger partial charge in [-0.15, -0.1) is 0 Å². The van der Waals surface area contributed by atoms with Crippen LogP contribution in [0.1, 0.15) is 34.5 Å². The summed E-state index contributed by atoms with van der Waals surface area (Å²) in [7, 11) is 1.63. The Bertz CT molecular complexity index is 534. The number of hydrogen-bond acceptors (Lipinski definition) is 2. The third-order valence-electron chi connectivity index (χ3n) is 3.41. The molecule has 2 unspecified atom stereocenters. The third kappa shape index (κ3) is 3.03. The second kappa shape index (κ2) is 6.00. The van der Waals surface area contributed by atoms with Gasteiger partial charge in [-0.2, -0.15) is 0 Å². The van der Waals surface area contributed by atoms with Crippen molar-refractivity contribution in [2.45, 2.75) is 26.1 Å². The molecule has 0 aliphatic rings. The zero-order valence-electron chi connectivity index (χ0n) is 11.6. The van der Waals surface area contributed by atoms with Gasteiger partial charge in [-0.3, -0.25) is 0 Å². The number of benzene rings is 2. The molecule has 0 heterocycles. The molecule has 0 aromatic heterocycles. The molecule has 2 nitrogen and oxygen atoms in total. The van der Waals surface area contributed by atoms with Gasteiger partial charge in [0.1, 0.15) is 12.2 Å². The fraction of sp³-hybridized carbons (Fsp3) is 0.294. The van der Waals surface area contributed by atoms with Gasteiger partial charge < -0.3 is 9.84 Å². The summed E-state index contributed by atoms with van der Waals surface area (Å²) in [6.45, 7) is 4.07. The van der Waals surface area contributed by atoms with Gasteiger partial charge in [-0.05, 0) is 30.5 Å². The highest BCUT2D eigenvalue weighted by molar-refractivity contribution is 5.34. The molecular formula is C17H20O2. The zero-order chi connectivity index (χ0) is 13.8. The Morgan fingerprint density at radius 1 is 1.00 bits per heavy atom. The number of ether oxygens (including phenoxy) is 1. The first-order valence-corrected chi connectivity index (χ1v) is 6.46. The molecule has 1 N–H and O–H groups in total. The Hall–Kier alpha value is -1.64. The predicted octanol–water partition coefficient (Wildman–Crippen LogP) is 3.72. The molecule has 0 radical (unpaired) electrons. The SMILES string of the molecule is COC(c1ccccc1)C(O)c1ccc(C)cc1C. The summed E-state index contributed by atoms with van der Waals surface area (Å²) < 4.78 is 5.49. The highest BCUT2D eigenvalue weighted by Crippen LogP contribution is 2.33. The van der Waals surface area contributed by atoms with Gasteiger partial charge >= 0.3 is 0 Å². The standard InChI is InChI=1S/C17H20O2/c1-12-9-10-15(13(2)11-12)16(18)17(19-3)14-7-5-4-6-8-14/h4-11,16-18H,1-3H3. The average Bonchev–Trinajstić information content (AvgIpc) is 2.40. The van der Waals surface area contributed by atoms with Gasteiger partial charge in [0.2, 0.25) is 0 Å². The van der Waals surface area contributed by atoms with E-state index in [1.165, 1.54) is 5.56 Å². The van der Waals surface area contributed by atoms with Crippen LogP contribution >= 0.6 is 0 Å². The molecule has 0 saturated heterocycles. The number of hydrogen-bond donors (Lipinski definition) is 1. The van der Waals surface area contributed by atoms with Crippen molar-refractivity contribution in [2.24, 2.45) is 0 Å². The van der Waals surface area contributed by atoms with Crippen molar-refractivity contribution in [3.8, 4) is 0 Å². The lowest BCUT2D eigenvalue weighted by atomic mass is 9.94. The monoisotopic (exact) mass is 256 g/mol. The molecule has 2 atom stereocenters. The molecule has 0 amide bonds. The van der Waals surface area contributed by atoms with Crippen LogP contribution in [0.15, 0.2) is 48.5 Å². The second-order valence-corrected chi connectivity index (χ2v) is 4.87. The number of methoxy groups -OCH3 is 1. The van der Waals surface area contributed by atoms with E-state index in [-0.39, 0.29) is 6.10 Å². The maximum Gasteiger partial charge on any atom is 0.112 e. The fourth-order valence-electron chi connectivity index (χ4n) is 2.41. The highest BCUT2D eigenvalue weighted by Gasteiger charge is 2.23. The summed E-state index contributed by atoms with van der Waals surface area (Å²) in [5.74, 6) is 0. The van der Waals surface area contributed by atoms with Crippen molar-refractivity contribution in [3.05, 3.63) is 70.8 Å². The smallest absolute Gasteiger partial charge is 0.112 e. The Morgan fingerprint density at radius 2 is 1.68 bits per heavy atom. The van der Waals surface area contributed by atoms with Crippen LogP contribution in [0.25, 0.3) is 0 Å². The number of aliphatic hydroxyl groups excluding tert-OH is 1. The van der Waals surface area contributed by atoms with E-state index in [9.17, 15) is 5.11 Å². The first-order chi connectivity index (χ1) is 9.13. The topological polar surface area (TPSA) is 29.5 Å². The Labute approximate surface area is 114 Å². The van der Waals surface area contributed by atoms with Crippen LogP contribution in [0.4, 0.5) is 0 Å². The molecule has 0 bridgehead atoms. The van der Waals surface area contributed by atoms with E-state index < -0.39 is 6.10 Å². The molecular weight excluding hydrogens is 236 g/mol. The van der Waals surface area contributed by atoms with Crippen molar-refractivity contribution in [1.82, 2.24) is 0 Å². The van der Waals surface area contributed by atoms with Crippen LogP contribution in [0, 0.1) is 13.8 Å². The first kappa shape index (κ1) is 13.8. The Kier molecular flexibility index (Phi) is 4.35. The van der Waals surface area contributed by atoms with Crippen LogP contribution in [0.5, 0.6) is 0 Å². The van der Waals surface area contributed by atoms with Crippen LogP contribution in [0.2, 0.25) is 0 Å². The zero-order valence-corrected chi connectivity index (χ0v) is 11.6. The van der Waals surface area contributed by atoms with Crippen molar-refractivity contribution < 1.29 is 9.84 Å². The number of rotatable bonds is 4. The summed E-state index contributed by atoms with van der Waals surface area (Å²) in [5.41, 5.74) is 4.19. The van der Waals surface area contributed by atoms with Crippen LogP contribution in [0.3, 0.4) is 0 Å². The summed E-state index contributed by atoms with van der Waals surface area (Å²) >= 11 is 0. The lowest BCUT2D eigenvalue weighted by Crippen LogP contribution is -2.14. The van der Waals surface area contributed by atoms with E-state index in [1.54, 1.807) is 7.11 Å². The lowest BCUT2D eigenvalue weighted by molar-refractivity contribution is -0.0152. The first-order valence-electron chi connectivity index (χ1n) is 6.46. The molecule has 0 fully saturated rings. The molecule has 19 heavy (non-hydrogen) atoms. The third-order valence-corrected chi connectivity index (χ3v) is 3.41. The molecule has 2 aromatic carbocycles. The number of aliphatic hydroxyl groups is 1. The van der Waals surface area contributed by atoms with E-state index >= 15 is 0 Å². The lowest BCUT2D eigenvalue weighted by Gasteiger charge is -2.24. The van der Waals surface area contributed by atoms with Gasteiger partial charge in [0.25, 0.3) is 0 Å². The summed E-state index contributed by atoms with van der Waals surface area (Å²) in [6, 6.07) is 15.9. The van der Waals surface area contributed by atoms with Crippen molar-refractivity contribution >= 4 is 0 Å². The van der Waals surface area contributed by atoms with Crippen LogP contribution < -0.4 is 0 Å². The Balaban J connectivity index is 2.33. The summed E-state index contributed by atoms with van der Waals surface area (Å²) in [5, 5.41) is 10.6. The molecule has 2 rings (SSSR count). The molecule has 0 spiro atoms. The van der Waals surface area contributed by atoms with E-state index in [0.717, 1.165) is 16.7 Å². The van der Waals surface area contributed by atoms with Crippen LogP contribution in [-0.2, 0) is 4.74 Å². The van der Waals surface area contributed by atoms with Gasteiger partial charge in [-0.25, -0.2) is 0 Å². The molecule has 2 heteroatoms. The summed E-state index contributed by atoms with van der Waals surface area (Å²) in [4.78, 5) is 0. The van der Waals surface area contributed by atoms with E-state index in [2.05, 4.69) is 6.07 Å². The highest BCUT2D eigenvalue weighted by atomic mass is 16.5. The van der Waals surface area contributed by atoms with E-state index in [1.807, 2.05) is 56.3 Å².